The molecule has 0 unspecified atom stereocenters. The number of sulfonamides is 1. The van der Waals surface area contributed by atoms with Crippen LogP contribution < -0.4 is 15.6 Å². The maximum Gasteiger partial charge on any atom is 0.511 e. The molecule has 0 aliphatic carbocycles. The molecular formula is C21H16F4N4O3S. The second-order valence-electron chi connectivity index (χ2n) is 7.26. The quantitative estimate of drug-likeness (QED) is 0.293. The van der Waals surface area contributed by atoms with Crippen LogP contribution in [0.25, 0.3) is 21.7 Å². The number of anilines is 2. The Balaban J connectivity index is 1.76. The summed E-state index contributed by atoms with van der Waals surface area (Å²) < 4.78 is 75.6. The van der Waals surface area contributed by atoms with Crippen LogP contribution >= 0.6 is 0 Å². The lowest BCUT2D eigenvalue weighted by Gasteiger charge is -2.15. The third kappa shape index (κ3) is 4.39. The van der Waals surface area contributed by atoms with E-state index in [1.165, 1.54) is 41.3 Å². The summed E-state index contributed by atoms with van der Waals surface area (Å²) in [4.78, 5) is 19.5. The van der Waals surface area contributed by atoms with Gasteiger partial charge in [0, 0.05) is 29.2 Å². The van der Waals surface area contributed by atoms with Gasteiger partial charge in [-0.05, 0) is 48.4 Å². The van der Waals surface area contributed by atoms with E-state index >= 15 is 0 Å². The normalized spacial score (nSPS) is 12.4. The highest BCUT2D eigenvalue weighted by atomic mass is 32.2. The fraction of sp³-hybridized carbons (Fsp3) is 0.143. The summed E-state index contributed by atoms with van der Waals surface area (Å²) in [5, 5.41) is 4.00. The summed E-state index contributed by atoms with van der Waals surface area (Å²) in [5.41, 5.74) is -4.11. The van der Waals surface area contributed by atoms with Crippen molar-refractivity contribution in [3.8, 4) is 0 Å². The van der Waals surface area contributed by atoms with Gasteiger partial charge in [-0.3, -0.25) is 4.79 Å². The zero-order chi connectivity index (χ0) is 24.0. The minimum absolute atomic E-state index is 0.219. The van der Waals surface area contributed by atoms with Crippen molar-refractivity contribution in [1.29, 1.82) is 0 Å². The molecule has 0 spiro atoms. The van der Waals surface area contributed by atoms with E-state index < -0.39 is 33.5 Å². The highest BCUT2D eigenvalue weighted by Crippen LogP contribution is 2.31. The predicted molar refractivity (Wildman–Crippen MR) is 116 cm³/mol. The summed E-state index contributed by atoms with van der Waals surface area (Å²) in [6.07, 6.45) is 1.41. The topological polar surface area (TPSA) is 104 Å². The second kappa shape index (κ2) is 8.12. The van der Waals surface area contributed by atoms with Crippen LogP contribution in [0.3, 0.4) is 0 Å². The molecule has 7 nitrogen and oxygen atoms in total. The molecule has 12 heteroatoms. The minimum Gasteiger partial charge on any atom is -0.339 e. The lowest BCUT2D eigenvalue weighted by molar-refractivity contribution is -0.0448. The van der Waals surface area contributed by atoms with Crippen molar-refractivity contribution in [2.24, 2.45) is 0 Å². The molecule has 4 rings (SSSR count). The molecule has 4 aromatic rings. The highest BCUT2D eigenvalue weighted by molar-refractivity contribution is 7.90. The molecule has 0 bridgehead atoms. The standard InChI is InChI=1S/C21H16F4N4O3S/c1-11-2-3-12(10-27-33(31,32)21(23,24)25)8-17(11)29-19-14-6-7-26-20(30)18(14)15-9-13(22)4-5-16(15)28-19/h2-9,27H,10H2,1H3,(H,26,30)(H,28,29). The first-order chi connectivity index (χ1) is 15.5. The van der Waals surface area contributed by atoms with E-state index in [4.69, 9.17) is 0 Å². The van der Waals surface area contributed by atoms with Gasteiger partial charge in [0.25, 0.3) is 5.56 Å². The van der Waals surface area contributed by atoms with Gasteiger partial charge in [0.1, 0.15) is 11.6 Å². The third-order valence-corrected chi connectivity index (χ3v) is 6.14. The number of aromatic amines is 1. The first-order valence-electron chi connectivity index (χ1n) is 9.49. The first-order valence-corrected chi connectivity index (χ1v) is 11.0. The Kier molecular flexibility index (Phi) is 5.58. The molecular weight excluding hydrogens is 464 g/mol. The fourth-order valence-corrected chi connectivity index (χ4v) is 3.85. The van der Waals surface area contributed by atoms with Gasteiger partial charge in [0.2, 0.25) is 0 Å². The number of alkyl halides is 3. The van der Waals surface area contributed by atoms with Crippen LogP contribution in [0.4, 0.5) is 29.1 Å². The van der Waals surface area contributed by atoms with Crippen molar-refractivity contribution in [2.75, 3.05) is 5.32 Å². The maximum atomic E-state index is 13.8. The number of hydrogen-bond acceptors (Lipinski definition) is 5. The molecule has 0 saturated carbocycles. The number of nitrogens with zero attached hydrogens (tertiary/aromatic N) is 1. The molecule has 172 valence electrons. The molecule has 0 amide bonds. The zero-order valence-corrected chi connectivity index (χ0v) is 17.7. The molecule has 2 aromatic carbocycles. The van der Waals surface area contributed by atoms with E-state index in [0.717, 1.165) is 0 Å². The smallest absolute Gasteiger partial charge is 0.339 e. The van der Waals surface area contributed by atoms with Crippen LogP contribution in [0.15, 0.2) is 53.5 Å². The molecule has 2 heterocycles. The number of rotatable bonds is 5. The molecule has 0 radical (unpaired) electrons. The van der Waals surface area contributed by atoms with Gasteiger partial charge in [-0.25, -0.2) is 22.5 Å². The van der Waals surface area contributed by atoms with E-state index in [0.29, 0.717) is 27.5 Å². The van der Waals surface area contributed by atoms with Gasteiger partial charge in [0.15, 0.2) is 0 Å². The van der Waals surface area contributed by atoms with Crippen molar-refractivity contribution in [3.63, 3.8) is 0 Å². The van der Waals surface area contributed by atoms with Crippen molar-refractivity contribution in [2.45, 2.75) is 19.0 Å². The van der Waals surface area contributed by atoms with Crippen molar-refractivity contribution in [3.05, 3.63) is 76.0 Å². The molecule has 0 aliphatic rings. The summed E-state index contributed by atoms with van der Waals surface area (Å²) in [6.45, 7) is 1.15. The number of H-pyrrole nitrogens is 1. The summed E-state index contributed by atoms with van der Waals surface area (Å²) >= 11 is 0. The van der Waals surface area contributed by atoms with Crippen LogP contribution in [0.5, 0.6) is 0 Å². The van der Waals surface area contributed by atoms with Gasteiger partial charge < -0.3 is 10.3 Å². The Morgan fingerprint density at radius 2 is 1.82 bits per heavy atom. The van der Waals surface area contributed by atoms with Gasteiger partial charge >= 0.3 is 15.5 Å². The number of hydrogen-bond donors (Lipinski definition) is 3. The molecule has 0 aliphatic heterocycles. The Labute approximate surface area is 184 Å². The monoisotopic (exact) mass is 480 g/mol. The number of pyridine rings is 2. The molecule has 3 N–H and O–H groups in total. The van der Waals surface area contributed by atoms with E-state index in [2.05, 4.69) is 15.3 Å². The first kappa shape index (κ1) is 22.7. The Hall–Kier alpha value is -3.51. The maximum absolute atomic E-state index is 13.8. The van der Waals surface area contributed by atoms with Gasteiger partial charge in [-0.1, -0.05) is 12.1 Å². The lowest BCUT2D eigenvalue weighted by atomic mass is 10.1. The van der Waals surface area contributed by atoms with E-state index in [1.807, 2.05) is 0 Å². The summed E-state index contributed by atoms with van der Waals surface area (Å²) in [6, 6.07) is 10.0. The van der Waals surface area contributed by atoms with Crippen molar-refractivity contribution in [1.82, 2.24) is 14.7 Å². The van der Waals surface area contributed by atoms with Gasteiger partial charge in [-0.15, -0.1) is 0 Å². The summed E-state index contributed by atoms with van der Waals surface area (Å²) in [7, 11) is -5.49. The number of aromatic nitrogens is 2. The van der Waals surface area contributed by atoms with Gasteiger partial charge in [0.05, 0.1) is 10.9 Å². The van der Waals surface area contributed by atoms with Crippen molar-refractivity contribution >= 4 is 43.2 Å². The molecule has 2 aromatic heterocycles. The molecule has 0 atom stereocenters. The van der Waals surface area contributed by atoms with Crippen LogP contribution in [-0.2, 0) is 16.6 Å². The highest BCUT2D eigenvalue weighted by Gasteiger charge is 2.45. The number of nitrogens with one attached hydrogen (secondary N) is 3. The van der Waals surface area contributed by atoms with E-state index in [9.17, 15) is 30.8 Å². The number of aryl methyl sites for hydroxylation is 1. The van der Waals surface area contributed by atoms with Crippen LogP contribution in [0.1, 0.15) is 11.1 Å². The fourth-order valence-electron chi connectivity index (χ4n) is 3.33. The average Bonchev–Trinajstić information content (AvgIpc) is 2.74. The SMILES string of the molecule is Cc1ccc(CNS(=O)(=O)C(F)(F)F)cc1Nc1nc2ccc(F)cc2c2c(=O)[nH]ccc12. The number of halogens is 4. The van der Waals surface area contributed by atoms with Crippen LogP contribution in [-0.4, -0.2) is 23.9 Å². The lowest BCUT2D eigenvalue weighted by Crippen LogP contribution is -2.35. The van der Waals surface area contributed by atoms with Crippen LogP contribution in [0.2, 0.25) is 0 Å². The summed E-state index contributed by atoms with van der Waals surface area (Å²) in [5.74, 6) is -0.259. The third-order valence-electron chi connectivity index (χ3n) is 5.00. The Morgan fingerprint density at radius 1 is 1.06 bits per heavy atom. The number of fused-ring (bicyclic) bond motifs is 3. The Bertz CT molecular complexity index is 1550. The van der Waals surface area contributed by atoms with Gasteiger partial charge in [-0.2, -0.15) is 13.2 Å². The largest absolute Gasteiger partial charge is 0.511 e. The molecule has 0 saturated heterocycles. The minimum atomic E-state index is -5.49. The zero-order valence-electron chi connectivity index (χ0n) is 16.9. The average molecular weight is 480 g/mol. The van der Waals surface area contributed by atoms with E-state index in [-0.39, 0.29) is 16.8 Å². The van der Waals surface area contributed by atoms with E-state index in [1.54, 1.807) is 19.1 Å². The van der Waals surface area contributed by atoms with Crippen molar-refractivity contribution < 1.29 is 26.0 Å². The Morgan fingerprint density at radius 3 is 2.55 bits per heavy atom. The predicted octanol–water partition coefficient (Wildman–Crippen LogP) is 4.21. The number of benzene rings is 2. The van der Waals surface area contributed by atoms with Crippen LogP contribution in [0, 0.1) is 12.7 Å². The molecule has 0 fully saturated rings. The molecule has 33 heavy (non-hydrogen) atoms. The second-order valence-corrected chi connectivity index (χ2v) is 9.02.